The van der Waals surface area contributed by atoms with Gasteiger partial charge in [0.15, 0.2) is 0 Å². The lowest BCUT2D eigenvalue weighted by Gasteiger charge is -2.38. The first-order valence-electron chi connectivity index (χ1n) is 8.13. The normalized spacial score (nSPS) is 15.2. The highest BCUT2D eigenvalue weighted by atomic mass is 28.4. The topological polar surface area (TPSA) is 36.9 Å². The summed E-state index contributed by atoms with van der Waals surface area (Å²) < 4.78 is 131. The van der Waals surface area contributed by atoms with Crippen LogP contribution in [0.4, 0.5) is 35.1 Å². The summed E-state index contributed by atoms with van der Waals surface area (Å²) in [6.07, 6.45) is -3.61. The van der Waals surface area contributed by atoms with Crippen LogP contribution in [0.3, 0.4) is 0 Å². The van der Waals surface area contributed by atoms with Crippen molar-refractivity contribution in [3.63, 3.8) is 0 Å². The summed E-state index contributed by atoms with van der Waals surface area (Å²) >= 11 is 0. The summed E-state index contributed by atoms with van der Waals surface area (Å²) in [5, 5.41) is 0. The lowest BCUT2D eigenvalue weighted by atomic mass is 9.95. The van der Waals surface area contributed by atoms with E-state index in [0.29, 0.717) is 0 Å². The van der Waals surface area contributed by atoms with Gasteiger partial charge in [-0.3, -0.25) is 0 Å². The third kappa shape index (κ3) is 5.65. The quantitative estimate of drug-likeness (QED) is 0.282. The highest BCUT2D eigenvalue weighted by molar-refractivity contribution is 6.66. The van der Waals surface area contributed by atoms with E-state index in [1.807, 2.05) is 0 Å². The summed E-state index contributed by atoms with van der Waals surface area (Å²) in [6, 6.07) is -1.61. The van der Waals surface area contributed by atoms with Gasteiger partial charge < -0.3 is 17.7 Å². The Hall–Kier alpha value is -0.286. The van der Waals surface area contributed by atoms with Gasteiger partial charge in [-0.05, 0) is 25.2 Å². The molecule has 0 aromatic heterocycles. The van der Waals surface area contributed by atoms with Crippen molar-refractivity contribution in [1.29, 1.82) is 0 Å². The molecule has 0 rings (SSSR count). The Morgan fingerprint density at radius 1 is 0.536 bits per heavy atom. The lowest BCUT2D eigenvalue weighted by Crippen LogP contribution is -2.62. The minimum absolute atomic E-state index is 0.803. The van der Waals surface area contributed by atoms with Gasteiger partial charge in [-0.15, -0.1) is 0 Å². The average Bonchev–Trinajstić information content (AvgIpc) is 2.63. The Labute approximate surface area is 161 Å². The van der Waals surface area contributed by atoms with Crippen molar-refractivity contribution in [2.75, 3.05) is 28.4 Å². The first-order valence-corrected chi connectivity index (χ1v) is 13.2. The molecule has 0 N–H and O–H groups in total. The standard InChI is InChI=1S/C14H26F8O4Si2/c1-23-27(5,24-2)9-7-11(15,16)13(19,20)14(21,22)12(17,18)8-10-28(6,25-3)26-4/h7-10H2,1-6H3. The molecular weight excluding hydrogens is 440 g/mol. The molecule has 0 heterocycles. The molecule has 0 bridgehead atoms. The van der Waals surface area contributed by atoms with Crippen LogP contribution < -0.4 is 0 Å². The monoisotopic (exact) mass is 466 g/mol. The van der Waals surface area contributed by atoms with Gasteiger partial charge in [0.05, 0.1) is 0 Å². The zero-order valence-electron chi connectivity index (χ0n) is 16.5. The van der Waals surface area contributed by atoms with Crippen LogP contribution in [0.2, 0.25) is 25.2 Å². The fourth-order valence-electron chi connectivity index (χ4n) is 2.12. The fraction of sp³-hybridized carbons (Fsp3) is 1.00. The molecule has 0 radical (unpaired) electrons. The van der Waals surface area contributed by atoms with Gasteiger partial charge in [0.2, 0.25) is 0 Å². The SMILES string of the molecule is CO[Si](C)(CCC(F)(F)C(F)(F)C(F)(F)C(F)(F)CC[Si](C)(OC)OC)OC. The van der Waals surface area contributed by atoms with Crippen LogP contribution in [0.1, 0.15) is 12.8 Å². The molecule has 0 unspecified atom stereocenters. The molecule has 0 amide bonds. The van der Waals surface area contributed by atoms with Crippen molar-refractivity contribution >= 4 is 17.1 Å². The van der Waals surface area contributed by atoms with E-state index in [9.17, 15) is 35.1 Å². The fourth-order valence-corrected chi connectivity index (χ4v) is 4.80. The minimum atomic E-state index is -6.31. The number of hydrogen-bond acceptors (Lipinski definition) is 4. The molecule has 0 saturated heterocycles. The van der Waals surface area contributed by atoms with Crippen molar-refractivity contribution in [1.82, 2.24) is 0 Å². The van der Waals surface area contributed by atoms with Crippen LogP contribution in [0.15, 0.2) is 0 Å². The summed E-state index contributed by atoms with van der Waals surface area (Å²) in [4.78, 5) is 0. The second kappa shape index (κ2) is 9.24. The molecule has 0 aromatic rings. The summed E-state index contributed by atoms with van der Waals surface area (Å²) in [7, 11) is -2.29. The van der Waals surface area contributed by atoms with Gasteiger partial charge in [-0.25, -0.2) is 0 Å². The van der Waals surface area contributed by atoms with Gasteiger partial charge in [-0.1, -0.05) is 0 Å². The van der Waals surface area contributed by atoms with Crippen molar-refractivity contribution in [3.05, 3.63) is 0 Å². The van der Waals surface area contributed by atoms with Gasteiger partial charge >= 0.3 is 40.8 Å². The molecule has 0 aliphatic rings. The maximum absolute atomic E-state index is 13.9. The predicted octanol–water partition coefficient (Wildman–Crippen LogP) is 5.04. The molecule has 0 aliphatic carbocycles. The van der Waals surface area contributed by atoms with Crippen molar-refractivity contribution in [2.45, 2.75) is 61.7 Å². The molecule has 0 aromatic carbocycles. The average molecular weight is 467 g/mol. The summed E-state index contributed by atoms with van der Waals surface area (Å²) in [5.41, 5.74) is 0. The third-order valence-corrected chi connectivity index (χ3v) is 10.6. The second-order valence-corrected chi connectivity index (χ2v) is 13.8. The van der Waals surface area contributed by atoms with Gasteiger partial charge in [0.25, 0.3) is 0 Å². The number of rotatable bonds is 13. The molecule has 0 saturated carbocycles. The smallest absolute Gasteiger partial charge is 0.378 e. The zero-order valence-corrected chi connectivity index (χ0v) is 18.5. The van der Waals surface area contributed by atoms with E-state index >= 15 is 0 Å². The maximum Gasteiger partial charge on any atom is 0.378 e. The van der Waals surface area contributed by atoms with Crippen LogP contribution in [0.5, 0.6) is 0 Å². The van der Waals surface area contributed by atoms with Crippen LogP contribution in [0, 0.1) is 0 Å². The largest absolute Gasteiger partial charge is 0.398 e. The second-order valence-electron chi connectivity index (χ2n) is 6.64. The van der Waals surface area contributed by atoms with Crippen LogP contribution >= 0.6 is 0 Å². The number of hydrogen-bond donors (Lipinski definition) is 0. The summed E-state index contributed by atoms with van der Waals surface area (Å²) in [5.74, 6) is -23.5. The maximum atomic E-state index is 13.9. The molecule has 0 spiro atoms. The van der Waals surface area contributed by atoms with E-state index in [2.05, 4.69) is 0 Å². The van der Waals surface area contributed by atoms with Crippen LogP contribution in [-0.2, 0) is 17.7 Å². The molecule has 0 fully saturated rings. The molecular formula is C14H26F8O4Si2. The van der Waals surface area contributed by atoms with Gasteiger partial charge in [0, 0.05) is 41.3 Å². The van der Waals surface area contributed by atoms with Crippen molar-refractivity contribution in [3.8, 4) is 0 Å². The molecule has 0 atom stereocenters. The molecule has 14 heteroatoms. The highest BCUT2D eigenvalue weighted by Crippen LogP contribution is 2.55. The van der Waals surface area contributed by atoms with Crippen molar-refractivity contribution in [2.24, 2.45) is 0 Å². The van der Waals surface area contributed by atoms with E-state index in [0.717, 1.165) is 28.4 Å². The van der Waals surface area contributed by atoms with Gasteiger partial charge in [-0.2, -0.15) is 35.1 Å². The van der Waals surface area contributed by atoms with Gasteiger partial charge in [0.1, 0.15) is 0 Å². The zero-order chi connectivity index (χ0) is 22.7. The van der Waals surface area contributed by atoms with Crippen LogP contribution in [-0.4, -0.2) is 69.3 Å². The van der Waals surface area contributed by atoms with E-state index in [1.54, 1.807) is 0 Å². The molecule has 28 heavy (non-hydrogen) atoms. The predicted molar refractivity (Wildman–Crippen MR) is 89.9 cm³/mol. The minimum Gasteiger partial charge on any atom is -0.398 e. The molecule has 170 valence electrons. The Kier molecular flexibility index (Phi) is 9.15. The summed E-state index contributed by atoms with van der Waals surface area (Å²) in [6.45, 7) is 2.49. The number of halogens is 8. The Bertz CT molecular complexity index is 456. The number of alkyl halides is 8. The Balaban J connectivity index is 5.57. The van der Waals surface area contributed by atoms with Crippen molar-refractivity contribution < 1.29 is 52.8 Å². The third-order valence-electron chi connectivity index (χ3n) is 4.83. The first kappa shape index (κ1) is 27.7. The lowest BCUT2D eigenvalue weighted by molar-refractivity contribution is -0.366. The Morgan fingerprint density at radius 3 is 0.929 bits per heavy atom. The molecule has 4 nitrogen and oxygen atoms in total. The van der Waals surface area contributed by atoms with E-state index < -0.39 is 65.7 Å². The first-order chi connectivity index (χ1) is 12.4. The van der Waals surface area contributed by atoms with Crippen LogP contribution in [0.25, 0.3) is 0 Å². The van der Waals surface area contributed by atoms with E-state index in [1.165, 1.54) is 13.1 Å². The Morgan fingerprint density at radius 2 is 0.750 bits per heavy atom. The highest BCUT2D eigenvalue weighted by Gasteiger charge is 2.79. The molecule has 0 aliphatic heterocycles. The van der Waals surface area contributed by atoms with E-state index in [-0.39, 0.29) is 0 Å². The van der Waals surface area contributed by atoms with E-state index in [4.69, 9.17) is 17.7 Å².